The first-order chi connectivity index (χ1) is 7.68. The van der Waals surface area contributed by atoms with E-state index in [9.17, 15) is 0 Å². The van der Waals surface area contributed by atoms with E-state index < -0.39 is 0 Å². The summed E-state index contributed by atoms with van der Waals surface area (Å²) in [4.78, 5) is 5.03. The third kappa shape index (κ3) is 8.12. The van der Waals surface area contributed by atoms with Crippen LogP contribution in [0.25, 0.3) is 0 Å². The summed E-state index contributed by atoms with van der Waals surface area (Å²) in [6.45, 7) is 15.0. The van der Waals surface area contributed by atoms with Gasteiger partial charge in [0.25, 0.3) is 0 Å². The first-order valence-electron chi connectivity index (χ1n) is 7.09. The van der Waals surface area contributed by atoms with E-state index in [0.29, 0.717) is 0 Å². The molecular formula is C14H32N2. The average Bonchev–Trinajstić information content (AvgIpc) is 2.29. The van der Waals surface area contributed by atoms with Crippen LogP contribution in [0.5, 0.6) is 0 Å². The lowest BCUT2D eigenvalue weighted by Gasteiger charge is -2.32. The molecule has 2 nitrogen and oxygen atoms in total. The number of nitrogens with zero attached hydrogens (tertiary/aromatic N) is 2. The van der Waals surface area contributed by atoms with E-state index in [4.69, 9.17) is 0 Å². The number of likely N-dealkylation sites (N-methyl/N-ethyl adjacent to an activating group) is 1. The molecule has 1 heterocycles. The Morgan fingerprint density at radius 2 is 1.50 bits per heavy atom. The van der Waals surface area contributed by atoms with Crippen LogP contribution >= 0.6 is 0 Å². The van der Waals surface area contributed by atoms with Crippen LogP contribution in [0, 0.1) is 5.92 Å². The highest BCUT2D eigenvalue weighted by atomic mass is 15.2. The molecule has 0 aromatic heterocycles. The van der Waals surface area contributed by atoms with Crippen molar-refractivity contribution in [3.05, 3.63) is 0 Å². The van der Waals surface area contributed by atoms with Gasteiger partial charge in [-0.25, -0.2) is 0 Å². The summed E-state index contributed by atoms with van der Waals surface area (Å²) < 4.78 is 0. The van der Waals surface area contributed by atoms with Crippen molar-refractivity contribution in [1.82, 2.24) is 9.80 Å². The van der Waals surface area contributed by atoms with E-state index in [0.717, 1.165) is 5.92 Å². The van der Waals surface area contributed by atoms with Crippen molar-refractivity contribution < 1.29 is 0 Å². The van der Waals surface area contributed by atoms with Crippen molar-refractivity contribution in [2.75, 3.05) is 39.8 Å². The van der Waals surface area contributed by atoms with Gasteiger partial charge in [0.05, 0.1) is 0 Å². The monoisotopic (exact) mass is 228 g/mol. The Morgan fingerprint density at radius 3 is 2.00 bits per heavy atom. The normalized spacial score (nSPS) is 18.4. The largest absolute Gasteiger partial charge is 0.304 e. The fourth-order valence-corrected chi connectivity index (χ4v) is 1.96. The smallest absolute Gasteiger partial charge is 0.0110 e. The lowest BCUT2D eigenvalue weighted by molar-refractivity contribution is 0.151. The van der Waals surface area contributed by atoms with E-state index in [1.165, 1.54) is 52.0 Å². The van der Waals surface area contributed by atoms with E-state index in [1.807, 2.05) is 13.8 Å². The molecule has 16 heavy (non-hydrogen) atoms. The van der Waals surface area contributed by atoms with Gasteiger partial charge >= 0.3 is 0 Å². The zero-order chi connectivity index (χ0) is 12.4. The molecule has 0 spiro atoms. The zero-order valence-electron chi connectivity index (χ0n) is 12.1. The van der Waals surface area contributed by atoms with Gasteiger partial charge in [-0.1, -0.05) is 40.5 Å². The summed E-state index contributed by atoms with van der Waals surface area (Å²) in [5.41, 5.74) is 0. The molecule has 1 aliphatic heterocycles. The number of hydrogen-bond acceptors (Lipinski definition) is 2. The molecule has 2 heteroatoms. The second-order valence-corrected chi connectivity index (χ2v) is 5.03. The highest BCUT2D eigenvalue weighted by molar-refractivity contribution is 4.68. The van der Waals surface area contributed by atoms with Crippen LogP contribution < -0.4 is 0 Å². The van der Waals surface area contributed by atoms with Crippen molar-refractivity contribution >= 4 is 0 Å². The van der Waals surface area contributed by atoms with Gasteiger partial charge in [0.15, 0.2) is 0 Å². The molecule has 98 valence electrons. The van der Waals surface area contributed by atoms with Crippen LogP contribution in [0.2, 0.25) is 0 Å². The Labute approximate surface area is 103 Å². The van der Waals surface area contributed by atoms with Gasteiger partial charge in [-0.2, -0.15) is 0 Å². The first kappa shape index (κ1) is 15.9. The van der Waals surface area contributed by atoms with Crippen molar-refractivity contribution in [3.8, 4) is 0 Å². The highest BCUT2D eigenvalue weighted by Gasteiger charge is 2.12. The number of hydrogen-bond donors (Lipinski definition) is 0. The minimum atomic E-state index is 0.877. The van der Waals surface area contributed by atoms with E-state index in [-0.39, 0.29) is 0 Å². The van der Waals surface area contributed by atoms with Crippen molar-refractivity contribution in [2.24, 2.45) is 5.92 Å². The molecule has 0 unspecified atom stereocenters. The Bertz CT molecular complexity index is 138. The van der Waals surface area contributed by atoms with Gasteiger partial charge < -0.3 is 9.80 Å². The van der Waals surface area contributed by atoms with Crippen LogP contribution in [-0.4, -0.2) is 49.6 Å². The van der Waals surface area contributed by atoms with Crippen LogP contribution in [-0.2, 0) is 0 Å². The van der Waals surface area contributed by atoms with Gasteiger partial charge in [-0.05, 0) is 25.9 Å². The summed E-state index contributed by atoms with van der Waals surface area (Å²) in [7, 11) is 2.22. The fraction of sp³-hybridized carbons (Fsp3) is 1.00. The van der Waals surface area contributed by atoms with Crippen molar-refractivity contribution in [3.63, 3.8) is 0 Å². The second-order valence-electron chi connectivity index (χ2n) is 5.03. The molecule has 0 aromatic carbocycles. The Kier molecular flexibility index (Phi) is 10.0. The van der Waals surface area contributed by atoms with Crippen molar-refractivity contribution in [1.29, 1.82) is 0 Å². The summed E-state index contributed by atoms with van der Waals surface area (Å²) in [5, 5.41) is 0. The Hall–Kier alpha value is -0.0800. The average molecular weight is 228 g/mol. The quantitative estimate of drug-likeness (QED) is 0.667. The molecule has 0 aromatic rings. The molecule has 0 bridgehead atoms. The molecule has 0 atom stereocenters. The van der Waals surface area contributed by atoms with Gasteiger partial charge in [-0.15, -0.1) is 0 Å². The standard InChI is InChI=1S/C12H26N2.C2H6/c1-12(2)6-4-5-7-14-10-8-13(3)9-11-14;1-2/h12H,4-11H2,1-3H3;1-2H3. The maximum atomic E-state index is 2.61. The molecule has 1 fully saturated rings. The van der Waals surface area contributed by atoms with Crippen LogP contribution in [0.4, 0.5) is 0 Å². The summed E-state index contributed by atoms with van der Waals surface area (Å²) in [6, 6.07) is 0. The predicted molar refractivity (Wildman–Crippen MR) is 74.0 cm³/mol. The Balaban J connectivity index is 0.00000106. The second kappa shape index (κ2) is 10.1. The lowest BCUT2D eigenvalue weighted by atomic mass is 10.1. The number of rotatable bonds is 5. The van der Waals surface area contributed by atoms with Crippen LogP contribution in [0.3, 0.4) is 0 Å². The third-order valence-corrected chi connectivity index (χ3v) is 3.10. The van der Waals surface area contributed by atoms with Gasteiger partial charge in [0.1, 0.15) is 0 Å². The topological polar surface area (TPSA) is 6.48 Å². The Morgan fingerprint density at radius 1 is 0.938 bits per heavy atom. The van der Waals surface area contributed by atoms with Gasteiger partial charge in [-0.3, -0.25) is 0 Å². The van der Waals surface area contributed by atoms with Crippen LogP contribution in [0.1, 0.15) is 47.0 Å². The lowest BCUT2D eigenvalue weighted by Crippen LogP contribution is -2.44. The maximum Gasteiger partial charge on any atom is 0.0110 e. The molecule has 1 saturated heterocycles. The molecule has 1 aliphatic rings. The van der Waals surface area contributed by atoms with E-state index >= 15 is 0 Å². The summed E-state index contributed by atoms with van der Waals surface area (Å²) in [6.07, 6.45) is 4.19. The molecular weight excluding hydrogens is 196 g/mol. The highest BCUT2D eigenvalue weighted by Crippen LogP contribution is 2.08. The zero-order valence-corrected chi connectivity index (χ0v) is 12.1. The van der Waals surface area contributed by atoms with Gasteiger partial charge in [0, 0.05) is 26.2 Å². The molecule has 1 rings (SSSR count). The minimum Gasteiger partial charge on any atom is -0.304 e. The van der Waals surface area contributed by atoms with Crippen LogP contribution in [0.15, 0.2) is 0 Å². The first-order valence-corrected chi connectivity index (χ1v) is 7.09. The van der Waals surface area contributed by atoms with E-state index in [2.05, 4.69) is 30.7 Å². The number of unbranched alkanes of at least 4 members (excludes halogenated alkanes) is 1. The predicted octanol–water partition coefficient (Wildman–Crippen LogP) is 3.09. The third-order valence-electron chi connectivity index (χ3n) is 3.10. The van der Waals surface area contributed by atoms with E-state index in [1.54, 1.807) is 0 Å². The SMILES string of the molecule is CC.CC(C)CCCCN1CCN(C)CC1. The number of piperazine rings is 1. The fourth-order valence-electron chi connectivity index (χ4n) is 1.96. The summed E-state index contributed by atoms with van der Waals surface area (Å²) in [5.74, 6) is 0.877. The minimum absolute atomic E-state index is 0.877. The van der Waals surface area contributed by atoms with Gasteiger partial charge in [0.2, 0.25) is 0 Å². The molecule has 0 saturated carbocycles. The molecule has 0 radical (unpaired) electrons. The molecule has 0 N–H and O–H groups in total. The molecule has 0 amide bonds. The van der Waals surface area contributed by atoms with Crippen molar-refractivity contribution in [2.45, 2.75) is 47.0 Å². The maximum absolute atomic E-state index is 2.61. The summed E-state index contributed by atoms with van der Waals surface area (Å²) >= 11 is 0. The molecule has 0 aliphatic carbocycles.